The molecule has 2 rings (SSSR count). The fourth-order valence-electron chi connectivity index (χ4n) is 2.10. The lowest BCUT2D eigenvalue weighted by Gasteiger charge is -2.12. The molecule has 1 amide bonds. The molecule has 0 heterocycles. The number of carbonyl (C=O) groups is 1. The van der Waals surface area contributed by atoms with Crippen molar-refractivity contribution in [1.82, 2.24) is 5.32 Å². The van der Waals surface area contributed by atoms with Crippen LogP contribution in [-0.4, -0.2) is 32.4 Å². The predicted molar refractivity (Wildman–Crippen MR) is 101 cm³/mol. The van der Waals surface area contributed by atoms with Crippen molar-refractivity contribution in [3.05, 3.63) is 58.6 Å². The summed E-state index contributed by atoms with van der Waals surface area (Å²) in [6, 6.07) is 12.6. The molecule has 0 aliphatic heterocycles. The number of rotatable bonds is 8. The molecular formula is C19H21ClN2O4. The Hall–Kier alpha value is -2.73. The van der Waals surface area contributed by atoms with Crippen molar-refractivity contribution in [3.8, 4) is 11.5 Å². The van der Waals surface area contributed by atoms with Gasteiger partial charge in [0, 0.05) is 11.6 Å². The Kier molecular flexibility index (Phi) is 7.29. The molecule has 2 aromatic rings. The van der Waals surface area contributed by atoms with Gasteiger partial charge in [0.15, 0.2) is 11.5 Å². The van der Waals surface area contributed by atoms with E-state index in [2.05, 4.69) is 10.5 Å². The van der Waals surface area contributed by atoms with Gasteiger partial charge >= 0.3 is 0 Å². The summed E-state index contributed by atoms with van der Waals surface area (Å²) in [7, 11) is 3.14. The number of nitrogens with zero attached hydrogens (tertiary/aromatic N) is 1. The second-order valence-electron chi connectivity index (χ2n) is 5.44. The summed E-state index contributed by atoms with van der Waals surface area (Å²) < 4.78 is 10.4. The minimum atomic E-state index is -0.723. The topological polar surface area (TPSA) is 69.2 Å². The molecule has 0 radical (unpaired) electrons. The second-order valence-corrected chi connectivity index (χ2v) is 5.88. The molecule has 1 unspecified atom stereocenters. The number of oxime groups is 1. The lowest BCUT2D eigenvalue weighted by molar-refractivity contribution is -0.131. The predicted octanol–water partition coefficient (Wildman–Crippen LogP) is 3.41. The molecule has 0 saturated carbocycles. The highest BCUT2D eigenvalue weighted by atomic mass is 35.5. The molecule has 138 valence electrons. The van der Waals surface area contributed by atoms with Crippen LogP contribution in [0.5, 0.6) is 11.5 Å². The maximum atomic E-state index is 12.1. The highest BCUT2D eigenvalue weighted by Crippen LogP contribution is 2.27. The third-order valence-corrected chi connectivity index (χ3v) is 3.83. The first kappa shape index (κ1) is 19.6. The molecular weight excluding hydrogens is 356 g/mol. The fraction of sp³-hybridized carbons (Fsp3) is 0.263. The first-order valence-electron chi connectivity index (χ1n) is 7.97. The highest BCUT2D eigenvalue weighted by Gasteiger charge is 2.14. The number of carbonyl (C=O) groups excluding carboxylic acids is 1. The van der Waals surface area contributed by atoms with Crippen LogP contribution in [0.4, 0.5) is 0 Å². The Labute approximate surface area is 157 Å². The van der Waals surface area contributed by atoms with Crippen LogP contribution in [0.25, 0.3) is 0 Å². The van der Waals surface area contributed by atoms with E-state index in [4.69, 9.17) is 25.9 Å². The molecule has 1 N–H and O–H groups in total. The molecule has 2 aromatic carbocycles. The van der Waals surface area contributed by atoms with E-state index < -0.39 is 6.10 Å². The summed E-state index contributed by atoms with van der Waals surface area (Å²) in [5, 5.41) is 7.27. The van der Waals surface area contributed by atoms with E-state index in [0.29, 0.717) is 23.1 Å². The first-order chi connectivity index (χ1) is 12.5. The molecule has 0 saturated heterocycles. The van der Waals surface area contributed by atoms with Gasteiger partial charge in [0.1, 0.15) is 0 Å². The van der Waals surface area contributed by atoms with Crippen molar-refractivity contribution >= 4 is 23.7 Å². The van der Waals surface area contributed by atoms with Crippen LogP contribution < -0.4 is 14.8 Å². The van der Waals surface area contributed by atoms with Gasteiger partial charge in [-0.3, -0.25) is 4.79 Å². The first-order valence-corrected chi connectivity index (χ1v) is 8.34. The van der Waals surface area contributed by atoms with Crippen LogP contribution in [0.2, 0.25) is 5.02 Å². The Morgan fingerprint density at radius 3 is 2.50 bits per heavy atom. The van der Waals surface area contributed by atoms with Gasteiger partial charge in [-0.15, -0.1) is 0 Å². The van der Waals surface area contributed by atoms with Crippen LogP contribution in [0.1, 0.15) is 18.1 Å². The normalized spacial score (nSPS) is 11.8. The van der Waals surface area contributed by atoms with Gasteiger partial charge in [0.2, 0.25) is 6.10 Å². The maximum absolute atomic E-state index is 12.1. The minimum Gasteiger partial charge on any atom is -0.493 e. The lowest BCUT2D eigenvalue weighted by Crippen LogP contribution is -2.33. The van der Waals surface area contributed by atoms with Crippen molar-refractivity contribution in [1.29, 1.82) is 0 Å². The van der Waals surface area contributed by atoms with Gasteiger partial charge in [0.25, 0.3) is 5.91 Å². The quantitative estimate of drug-likeness (QED) is 0.566. The van der Waals surface area contributed by atoms with Crippen molar-refractivity contribution in [2.45, 2.75) is 19.6 Å². The summed E-state index contributed by atoms with van der Waals surface area (Å²) in [6.07, 6.45) is 0.799. The van der Waals surface area contributed by atoms with E-state index in [1.807, 2.05) is 12.1 Å². The number of hydrogen-bond acceptors (Lipinski definition) is 5. The number of amides is 1. The van der Waals surface area contributed by atoms with Gasteiger partial charge in [-0.1, -0.05) is 35.0 Å². The molecule has 6 nitrogen and oxygen atoms in total. The largest absolute Gasteiger partial charge is 0.493 e. The lowest BCUT2D eigenvalue weighted by atomic mass is 10.2. The Balaban J connectivity index is 1.84. The number of nitrogens with one attached hydrogen (secondary N) is 1. The van der Waals surface area contributed by atoms with Gasteiger partial charge in [0.05, 0.1) is 20.4 Å². The molecule has 0 fully saturated rings. The van der Waals surface area contributed by atoms with Gasteiger partial charge in [-0.05, 0) is 42.3 Å². The number of benzene rings is 2. The standard InChI is InChI=1S/C19H21ClN2O4/c1-13(26-22-12-14-4-7-16(20)8-5-14)19(23)21-11-15-6-9-17(24-2)18(10-15)25-3/h4-10,12-13H,11H2,1-3H3,(H,21,23)/b22-12+. The second kappa shape index (κ2) is 9.68. The Morgan fingerprint density at radius 1 is 1.15 bits per heavy atom. The van der Waals surface area contributed by atoms with E-state index in [9.17, 15) is 4.79 Å². The molecule has 0 bridgehead atoms. The minimum absolute atomic E-state index is 0.270. The number of methoxy groups -OCH3 is 2. The van der Waals surface area contributed by atoms with E-state index >= 15 is 0 Å². The molecule has 0 aliphatic rings. The zero-order valence-electron chi connectivity index (χ0n) is 14.9. The number of ether oxygens (including phenoxy) is 2. The average Bonchev–Trinajstić information content (AvgIpc) is 2.67. The third-order valence-electron chi connectivity index (χ3n) is 3.57. The summed E-state index contributed by atoms with van der Waals surface area (Å²) in [5.74, 6) is 0.972. The summed E-state index contributed by atoms with van der Waals surface area (Å²) >= 11 is 5.82. The van der Waals surface area contributed by atoms with E-state index in [0.717, 1.165) is 11.1 Å². The zero-order chi connectivity index (χ0) is 18.9. The molecule has 0 aromatic heterocycles. The van der Waals surface area contributed by atoms with Gasteiger partial charge in [-0.25, -0.2) is 0 Å². The van der Waals surface area contributed by atoms with Gasteiger partial charge < -0.3 is 19.6 Å². The van der Waals surface area contributed by atoms with Crippen LogP contribution in [0.15, 0.2) is 47.6 Å². The highest BCUT2D eigenvalue weighted by molar-refractivity contribution is 6.30. The summed E-state index contributed by atoms with van der Waals surface area (Å²) in [6.45, 7) is 1.97. The molecule has 0 spiro atoms. The van der Waals surface area contributed by atoms with Crippen molar-refractivity contribution < 1.29 is 19.1 Å². The number of hydrogen-bond donors (Lipinski definition) is 1. The van der Waals surface area contributed by atoms with E-state index in [1.54, 1.807) is 51.5 Å². The molecule has 7 heteroatoms. The third kappa shape index (κ3) is 5.67. The molecule has 0 aliphatic carbocycles. The SMILES string of the molecule is COc1ccc(CNC(=O)C(C)O/N=C/c2ccc(Cl)cc2)cc1OC. The maximum Gasteiger partial charge on any atom is 0.263 e. The summed E-state index contributed by atoms with van der Waals surface area (Å²) in [5.41, 5.74) is 1.71. The van der Waals surface area contributed by atoms with Crippen molar-refractivity contribution in [2.24, 2.45) is 5.16 Å². The Bertz CT molecular complexity index is 763. The van der Waals surface area contributed by atoms with Crippen LogP contribution in [0.3, 0.4) is 0 Å². The zero-order valence-corrected chi connectivity index (χ0v) is 15.6. The number of halogens is 1. The summed E-state index contributed by atoms with van der Waals surface area (Å²) in [4.78, 5) is 17.3. The van der Waals surface area contributed by atoms with Crippen molar-refractivity contribution in [2.75, 3.05) is 14.2 Å². The van der Waals surface area contributed by atoms with Crippen molar-refractivity contribution in [3.63, 3.8) is 0 Å². The van der Waals surface area contributed by atoms with Crippen LogP contribution in [0, 0.1) is 0 Å². The van der Waals surface area contributed by atoms with Gasteiger partial charge in [-0.2, -0.15) is 0 Å². The smallest absolute Gasteiger partial charge is 0.263 e. The average molecular weight is 377 g/mol. The molecule has 26 heavy (non-hydrogen) atoms. The molecule has 1 atom stereocenters. The van der Waals surface area contributed by atoms with E-state index in [-0.39, 0.29) is 5.91 Å². The van der Waals surface area contributed by atoms with E-state index in [1.165, 1.54) is 6.21 Å². The van der Waals surface area contributed by atoms with Crippen LogP contribution in [-0.2, 0) is 16.2 Å². The fourth-order valence-corrected chi connectivity index (χ4v) is 2.23. The monoisotopic (exact) mass is 376 g/mol. The van der Waals surface area contributed by atoms with Crippen LogP contribution >= 0.6 is 11.6 Å². The Morgan fingerprint density at radius 2 is 1.85 bits per heavy atom.